The summed E-state index contributed by atoms with van der Waals surface area (Å²) in [6, 6.07) is 18.7. The lowest BCUT2D eigenvalue weighted by Crippen LogP contribution is -2.13. The average Bonchev–Trinajstić information content (AvgIpc) is 3.28. The first kappa shape index (κ1) is 23.4. The van der Waals surface area contributed by atoms with Gasteiger partial charge in [-0.05, 0) is 66.4 Å². The van der Waals surface area contributed by atoms with E-state index in [4.69, 9.17) is 13.9 Å². The van der Waals surface area contributed by atoms with Crippen LogP contribution in [0.4, 0.5) is 5.69 Å². The van der Waals surface area contributed by atoms with Crippen molar-refractivity contribution in [2.24, 2.45) is 0 Å². The molecule has 3 aromatic carbocycles. The zero-order chi connectivity index (χ0) is 24.1. The highest BCUT2D eigenvalue weighted by Crippen LogP contribution is 2.33. The fraction of sp³-hybridized carbons (Fsp3) is 0.286. The van der Waals surface area contributed by atoms with E-state index in [1.807, 2.05) is 30.3 Å². The third-order valence-electron chi connectivity index (χ3n) is 5.64. The Balaban J connectivity index is 1.59. The molecule has 0 atom stereocenters. The minimum absolute atomic E-state index is 0.254. The molecule has 0 saturated carbocycles. The number of carbonyl (C=O) groups excluding carboxylic acids is 1. The van der Waals surface area contributed by atoms with Gasteiger partial charge in [-0.3, -0.25) is 4.79 Å². The molecule has 6 heteroatoms. The van der Waals surface area contributed by atoms with Crippen LogP contribution in [0.5, 0.6) is 11.5 Å². The molecule has 1 amide bonds. The molecule has 4 rings (SSSR count). The Kier molecular flexibility index (Phi) is 7.16. The van der Waals surface area contributed by atoms with E-state index in [1.165, 1.54) is 5.56 Å². The zero-order valence-corrected chi connectivity index (χ0v) is 20.1. The first-order valence-electron chi connectivity index (χ1n) is 11.6. The van der Waals surface area contributed by atoms with Crippen molar-refractivity contribution < 1.29 is 18.7 Å². The van der Waals surface area contributed by atoms with Crippen LogP contribution >= 0.6 is 0 Å². The maximum absolute atomic E-state index is 13.0. The largest absolute Gasteiger partial charge is 0.495 e. The number of fused-ring (bicyclic) bond motifs is 1. The molecule has 0 bridgehead atoms. The summed E-state index contributed by atoms with van der Waals surface area (Å²) in [5.41, 5.74) is 4.52. The highest BCUT2D eigenvalue weighted by atomic mass is 16.5. The van der Waals surface area contributed by atoms with Gasteiger partial charge in [0, 0.05) is 11.1 Å². The molecule has 0 radical (unpaired) electrons. The van der Waals surface area contributed by atoms with E-state index in [1.54, 1.807) is 25.3 Å². The Bertz CT molecular complexity index is 1290. The second-order valence-electron chi connectivity index (χ2n) is 8.50. The second-order valence-corrected chi connectivity index (χ2v) is 8.50. The van der Waals surface area contributed by atoms with Gasteiger partial charge < -0.3 is 19.2 Å². The highest BCUT2D eigenvalue weighted by Gasteiger charge is 2.15. The lowest BCUT2D eigenvalue weighted by Gasteiger charge is -2.12. The molecule has 0 spiro atoms. The van der Waals surface area contributed by atoms with Crippen molar-refractivity contribution >= 4 is 22.7 Å². The SMILES string of the molecule is CCCCOc1cccc(C(=O)Nc2cc(-c3nc4cc(C(C)C)ccc4o3)ccc2OC)c1. The maximum Gasteiger partial charge on any atom is 0.255 e. The van der Waals surface area contributed by atoms with Crippen LogP contribution in [0.3, 0.4) is 0 Å². The number of nitrogens with one attached hydrogen (secondary N) is 1. The van der Waals surface area contributed by atoms with Crippen LogP contribution < -0.4 is 14.8 Å². The molecule has 1 aromatic heterocycles. The number of ether oxygens (including phenoxy) is 2. The summed E-state index contributed by atoms with van der Waals surface area (Å²) < 4.78 is 17.2. The molecule has 0 aliphatic heterocycles. The van der Waals surface area contributed by atoms with E-state index in [9.17, 15) is 4.79 Å². The molecule has 0 unspecified atom stereocenters. The number of aromatic nitrogens is 1. The van der Waals surface area contributed by atoms with Gasteiger partial charge in [0.15, 0.2) is 5.58 Å². The Morgan fingerprint density at radius 2 is 1.94 bits per heavy atom. The van der Waals surface area contributed by atoms with E-state index in [2.05, 4.69) is 43.2 Å². The summed E-state index contributed by atoms with van der Waals surface area (Å²) in [7, 11) is 1.57. The quantitative estimate of drug-likeness (QED) is 0.272. The number of benzene rings is 3. The van der Waals surface area contributed by atoms with E-state index in [-0.39, 0.29) is 5.91 Å². The molecule has 4 aromatic rings. The molecule has 34 heavy (non-hydrogen) atoms. The maximum atomic E-state index is 13.0. The predicted molar refractivity (Wildman–Crippen MR) is 135 cm³/mol. The number of hydrogen-bond donors (Lipinski definition) is 1. The lowest BCUT2D eigenvalue weighted by atomic mass is 10.0. The number of amides is 1. The molecular formula is C28H30N2O4. The summed E-state index contributed by atoms with van der Waals surface area (Å²) in [5.74, 6) is 1.86. The molecule has 1 heterocycles. The van der Waals surface area contributed by atoms with Crippen LogP contribution in [0, 0.1) is 0 Å². The molecule has 1 N–H and O–H groups in total. The van der Waals surface area contributed by atoms with Crippen molar-refractivity contribution in [2.45, 2.75) is 39.5 Å². The highest BCUT2D eigenvalue weighted by molar-refractivity contribution is 6.05. The van der Waals surface area contributed by atoms with Gasteiger partial charge in [0.1, 0.15) is 17.0 Å². The normalized spacial score (nSPS) is 11.1. The average molecular weight is 459 g/mol. The van der Waals surface area contributed by atoms with Crippen LogP contribution in [0.15, 0.2) is 65.1 Å². The number of unbranched alkanes of at least 4 members (excludes halogenated alkanes) is 1. The van der Waals surface area contributed by atoms with Crippen LogP contribution in [0.2, 0.25) is 0 Å². The first-order chi connectivity index (χ1) is 16.5. The monoisotopic (exact) mass is 458 g/mol. The molecule has 0 fully saturated rings. The third-order valence-corrected chi connectivity index (χ3v) is 5.64. The summed E-state index contributed by atoms with van der Waals surface area (Å²) in [6.07, 6.45) is 2.02. The van der Waals surface area contributed by atoms with E-state index >= 15 is 0 Å². The Hall–Kier alpha value is -3.80. The van der Waals surface area contributed by atoms with Gasteiger partial charge in [-0.25, -0.2) is 4.98 Å². The molecule has 0 saturated heterocycles. The van der Waals surface area contributed by atoms with Crippen molar-refractivity contribution in [3.8, 4) is 23.0 Å². The van der Waals surface area contributed by atoms with Crippen LogP contribution in [0.25, 0.3) is 22.6 Å². The Morgan fingerprint density at radius 3 is 2.71 bits per heavy atom. The number of nitrogens with zero attached hydrogens (tertiary/aromatic N) is 1. The number of oxazole rings is 1. The number of hydrogen-bond acceptors (Lipinski definition) is 5. The second kappa shape index (κ2) is 10.4. The van der Waals surface area contributed by atoms with Gasteiger partial charge in [-0.1, -0.05) is 39.3 Å². The zero-order valence-electron chi connectivity index (χ0n) is 20.1. The first-order valence-corrected chi connectivity index (χ1v) is 11.6. The van der Waals surface area contributed by atoms with Gasteiger partial charge in [0.25, 0.3) is 5.91 Å². The fourth-order valence-electron chi connectivity index (χ4n) is 3.62. The number of rotatable bonds is 9. The Morgan fingerprint density at radius 1 is 1.09 bits per heavy atom. The van der Waals surface area contributed by atoms with Gasteiger partial charge in [-0.15, -0.1) is 0 Å². The standard InChI is InChI=1S/C28H30N2O4/c1-5-6-14-33-22-9-7-8-20(15-22)27(31)29-23-17-21(11-12-25(23)32-4)28-30-24-16-19(18(2)3)10-13-26(24)34-28/h7-13,15-18H,5-6,14H2,1-4H3,(H,29,31). The van der Waals surface area contributed by atoms with Crippen LogP contribution in [-0.4, -0.2) is 24.6 Å². The lowest BCUT2D eigenvalue weighted by molar-refractivity contribution is 0.102. The molecule has 0 aliphatic carbocycles. The molecule has 176 valence electrons. The van der Waals surface area contributed by atoms with Crippen LogP contribution in [-0.2, 0) is 0 Å². The minimum Gasteiger partial charge on any atom is -0.495 e. The fourth-order valence-corrected chi connectivity index (χ4v) is 3.62. The molecule has 0 aliphatic rings. The van der Waals surface area contributed by atoms with Gasteiger partial charge in [-0.2, -0.15) is 0 Å². The topological polar surface area (TPSA) is 73.6 Å². The summed E-state index contributed by atoms with van der Waals surface area (Å²) in [5, 5.41) is 2.95. The summed E-state index contributed by atoms with van der Waals surface area (Å²) >= 11 is 0. The van der Waals surface area contributed by atoms with Gasteiger partial charge in [0.05, 0.1) is 19.4 Å². The van der Waals surface area contributed by atoms with Gasteiger partial charge >= 0.3 is 0 Å². The molecular weight excluding hydrogens is 428 g/mol. The van der Waals surface area contributed by atoms with E-state index < -0.39 is 0 Å². The van der Waals surface area contributed by atoms with E-state index in [0.29, 0.717) is 41.2 Å². The summed E-state index contributed by atoms with van der Waals surface area (Å²) in [4.78, 5) is 17.7. The third kappa shape index (κ3) is 5.22. The number of carbonyl (C=O) groups is 1. The van der Waals surface area contributed by atoms with Gasteiger partial charge in [0.2, 0.25) is 5.89 Å². The van der Waals surface area contributed by atoms with Crippen molar-refractivity contribution in [3.63, 3.8) is 0 Å². The van der Waals surface area contributed by atoms with E-state index in [0.717, 1.165) is 29.5 Å². The molecule has 6 nitrogen and oxygen atoms in total. The van der Waals surface area contributed by atoms with Crippen molar-refractivity contribution in [1.29, 1.82) is 0 Å². The Labute approximate surface area is 199 Å². The number of methoxy groups -OCH3 is 1. The minimum atomic E-state index is -0.254. The van der Waals surface area contributed by atoms with Crippen molar-refractivity contribution in [3.05, 3.63) is 71.8 Å². The van der Waals surface area contributed by atoms with Crippen molar-refractivity contribution in [2.75, 3.05) is 19.0 Å². The van der Waals surface area contributed by atoms with Crippen molar-refractivity contribution in [1.82, 2.24) is 4.98 Å². The smallest absolute Gasteiger partial charge is 0.255 e. The number of anilines is 1. The predicted octanol–water partition coefficient (Wildman–Crippen LogP) is 7.06. The summed E-state index contributed by atoms with van der Waals surface area (Å²) in [6.45, 7) is 7.03. The van der Waals surface area contributed by atoms with Crippen LogP contribution in [0.1, 0.15) is 55.5 Å².